The minimum atomic E-state index is -0.733. The molecule has 22 heavy (non-hydrogen) atoms. The molecule has 0 radical (unpaired) electrons. The summed E-state index contributed by atoms with van der Waals surface area (Å²) < 4.78 is 0. The van der Waals surface area contributed by atoms with Gasteiger partial charge in [0.15, 0.2) is 0 Å². The topological polar surface area (TPSA) is 52.6 Å². The quantitative estimate of drug-likeness (QED) is 0.813. The molecule has 1 aromatic rings. The Bertz CT molecular complexity index is 490. The van der Waals surface area contributed by atoms with E-state index in [1.807, 2.05) is 6.92 Å². The van der Waals surface area contributed by atoms with E-state index in [0.29, 0.717) is 19.0 Å². The average Bonchev–Trinajstić information content (AvgIpc) is 2.48. The van der Waals surface area contributed by atoms with Crippen molar-refractivity contribution in [2.45, 2.75) is 58.2 Å². The van der Waals surface area contributed by atoms with Crippen molar-refractivity contribution in [2.24, 2.45) is 0 Å². The van der Waals surface area contributed by atoms with E-state index in [-0.39, 0.29) is 0 Å². The maximum Gasteiger partial charge on any atom is 0.320 e. The molecule has 1 heterocycles. The molecule has 1 saturated heterocycles. The average molecular weight is 304 g/mol. The number of carbonyl (C=O) groups is 1. The number of benzene rings is 1. The molecule has 1 fully saturated rings. The van der Waals surface area contributed by atoms with Gasteiger partial charge in [0.05, 0.1) is 0 Å². The number of aliphatic carboxylic acids is 1. The monoisotopic (exact) mass is 304 g/mol. The molecule has 0 bridgehead atoms. The Morgan fingerprint density at radius 2 is 2.27 bits per heavy atom. The summed E-state index contributed by atoms with van der Waals surface area (Å²) in [5, 5.41) is 12.5. The van der Waals surface area contributed by atoms with Crippen LogP contribution in [0.5, 0.6) is 0 Å². The summed E-state index contributed by atoms with van der Waals surface area (Å²) in [6.07, 6.45) is 4.20. The van der Waals surface area contributed by atoms with Crippen molar-refractivity contribution in [3.63, 3.8) is 0 Å². The second-order valence-corrected chi connectivity index (χ2v) is 6.29. The number of hydrogen-bond donors (Lipinski definition) is 2. The molecule has 2 rings (SSSR count). The Balaban J connectivity index is 2.02. The highest BCUT2D eigenvalue weighted by molar-refractivity contribution is 5.73. The normalized spacial score (nSPS) is 20.7. The highest BCUT2D eigenvalue weighted by Crippen LogP contribution is 2.23. The van der Waals surface area contributed by atoms with Crippen LogP contribution in [0.4, 0.5) is 0 Å². The van der Waals surface area contributed by atoms with Gasteiger partial charge in [-0.1, -0.05) is 43.2 Å². The van der Waals surface area contributed by atoms with E-state index in [1.54, 1.807) is 0 Å². The fourth-order valence-corrected chi connectivity index (χ4v) is 3.37. The third-order valence-electron chi connectivity index (χ3n) is 4.47. The lowest BCUT2D eigenvalue weighted by molar-refractivity contribution is -0.140. The van der Waals surface area contributed by atoms with Crippen LogP contribution in [0.15, 0.2) is 24.3 Å². The predicted octanol–water partition coefficient (Wildman–Crippen LogP) is 2.80. The van der Waals surface area contributed by atoms with Gasteiger partial charge < -0.3 is 10.4 Å². The van der Waals surface area contributed by atoms with Crippen molar-refractivity contribution < 1.29 is 9.90 Å². The summed E-state index contributed by atoms with van der Waals surface area (Å²) in [6, 6.07) is 8.52. The van der Waals surface area contributed by atoms with Gasteiger partial charge in [0.1, 0.15) is 6.04 Å². The zero-order valence-electron chi connectivity index (χ0n) is 13.7. The van der Waals surface area contributed by atoms with Crippen LogP contribution in [0, 0.1) is 6.92 Å². The van der Waals surface area contributed by atoms with Crippen molar-refractivity contribution in [1.82, 2.24) is 10.2 Å². The number of likely N-dealkylation sites (tertiary alicyclic amines) is 1. The number of hydrogen-bond acceptors (Lipinski definition) is 3. The van der Waals surface area contributed by atoms with E-state index in [0.717, 1.165) is 19.5 Å². The molecule has 0 saturated carbocycles. The second-order valence-electron chi connectivity index (χ2n) is 6.29. The number of aryl methyl sites for hydroxylation is 1. The van der Waals surface area contributed by atoms with Crippen LogP contribution in [0.3, 0.4) is 0 Å². The molecule has 4 nitrogen and oxygen atoms in total. The second kappa shape index (κ2) is 8.30. The standard InChI is InChI=1S/C18H28N2O2/c1-3-19-17(18(21)22)12-16-9-4-5-10-20(16)13-15-8-6-7-14(2)11-15/h6-8,11,16-17,19H,3-5,9-10,12-13H2,1-2H3,(H,21,22). The van der Waals surface area contributed by atoms with Crippen molar-refractivity contribution in [3.05, 3.63) is 35.4 Å². The molecule has 4 heteroatoms. The lowest BCUT2D eigenvalue weighted by Crippen LogP contribution is -2.46. The Labute approximate surface area is 133 Å². The first-order valence-electron chi connectivity index (χ1n) is 8.36. The van der Waals surface area contributed by atoms with E-state index >= 15 is 0 Å². The van der Waals surface area contributed by atoms with Crippen molar-refractivity contribution in [1.29, 1.82) is 0 Å². The zero-order valence-corrected chi connectivity index (χ0v) is 13.7. The van der Waals surface area contributed by atoms with Crippen molar-refractivity contribution >= 4 is 5.97 Å². The minimum absolute atomic E-state index is 0.356. The smallest absolute Gasteiger partial charge is 0.320 e. The number of carboxylic acids is 1. The molecule has 0 aromatic heterocycles. The van der Waals surface area contributed by atoms with Gasteiger partial charge in [-0.3, -0.25) is 9.69 Å². The van der Waals surface area contributed by atoms with Crippen LogP contribution < -0.4 is 5.32 Å². The lowest BCUT2D eigenvalue weighted by atomic mass is 9.95. The van der Waals surface area contributed by atoms with Crippen molar-refractivity contribution in [2.75, 3.05) is 13.1 Å². The molecule has 1 aliphatic heterocycles. The molecule has 2 N–H and O–H groups in total. The van der Waals surface area contributed by atoms with Gasteiger partial charge in [-0.2, -0.15) is 0 Å². The summed E-state index contributed by atoms with van der Waals surface area (Å²) >= 11 is 0. The predicted molar refractivity (Wildman–Crippen MR) is 88.9 cm³/mol. The fraction of sp³-hybridized carbons (Fsp3) is 0.611. The van der Waals surface area contributed by atoms with Crippen molar-refractivity contribution in [3.8, 4) is 0 Å². The van der Waals surface area contributed by atoms with E-state index in [9.17, 15) is 9.90 Å². The number of nitrogens with zero attached hydrogens (tertiary/aromatic N) is 1. The first-order chi connectivity index (χ1) is 10.6. The highest BCUT2D eigenvalue weighted by Gasteiger charge is 2.28. The number of carboxylic acid groups (broad SMARTS) is 1. The number of nitrogens with one attached hydrogen (secondary N) is 1. The molecule has 0 aliphatic carbocycles. The largest absolute Gasteiger partial charge is 0.480 e. The van der Waals surface area contributed by atoms with Crippen LogP contribution in [-0.2, 0) is 11.3 Å². The summed E-state index contributed by atoms with van der Waals surface area (Å²) in [5.41, 5.74) is 2.60. The molecule has 0 amide bonds. The molecular formula is C18H28N2O2. The number of likely N-dealkylation sites (N-methyl/N-ethyl adjacent to an activating group) is 1. The van der Waals surface area contributed by atoms with Crippen LogP contribution in [0.25, 0.3) is 0 Å². The van der Waals surface area contributed by atoms with E-state index < -0.39 is 12.0 Å². The van der Waals surface area contributed by atoms with E-state index in [4.69, 9.17) is 0 Å². The van der Waals surface area contributed by atoms with Crippen LogP contribution in [0.2, 0.25) is 0 Å². The van der Waals surface area contributed by atoms with Gasteiger partial charge in [0.2, 0.25) is 0 Å². The first-order valence-corrected chi connectivity index (χ1v) is 8.36. The molecule has 0 spiro atoms. The van der Waals surface area contributed by atoms with Gasteiger partial charge in [-0.15, -0.1) is 0 Å². The summed E-state index contributed by atoms with van der Waals surface area (Å²) in [4.78, 5) is 13.9. The summed E-state index contributed by atoms with van der Waals surface area (Å²) in [6.45, 7) is 6.76. The molecule has 2 atom stereocenters. The first kappa shape index (κ1) is 17.0. The lowest BCUT2D eigenvalue weighted by Gasteiger charge is -2.37. The number of rotatable bonds is 7. The Morgan fingerprint density at radius 3 is 2.95 bits per heavy atom. The highest BCUT2D eigenvalue weighted by atomic mass is 16.4. The van der Waals surface area contributed by atoms with Gasteiger partial charge in [-0.05, 0) is 44.8 Å². The summed E-state index contributed by atoms with van der Waals surface area (Å²) in [7, 11) is 0. The van der Waals surface area contributed by atoms with Gasteiger partial charge in [-0.25, -0.2) is 0 Å². The maximum absolute atomic E-state index is 11.4. The number of piperidine rings is 1. The molecule has 122 valence electrons. The molecule has 1 aliphatic rings. The van der Waals surface area contributed by atoms with E-state index in [1.165, 1.54) is 24.0 Å². The maximum atomic E-state index is 11.4. The molecule has 2 unspecified atom stereocenters. The molecular weight excluding hydrogens is 276 g/mol. The zero-order chi connectivity index (χ0) is 15.9. The van der Waals surface area contributed by atoms with Gasteiger partial charge in [0, 0.05) is 12.6 Å². The fourth-order valence-electron chi connectivity index (χ4n) is 3.37. The van der Waals surface area contributed by atoms with Crippen LogP contribution in [-0.4, -0.2) is 41.1 Å². The van der Waals surface area contributed by atoms with Gasteiger partial charge >= 0.3 is 5.97 Å². The minimum Gasteiger partial charge on any atom is -0.480 e. The molecule has 1 aromatic carbocycles. The van der Waals surface area contributed by atoms with Gasteiger partial charge in [0.25, 0.3) is 0 Å². The Kier molecular flexibility index (Phi) is 6.40. The third-order valence-corrected chi connectivity index (χ3v) is 4.47. The third kappa shape index (κ3) is 4.82. The SMILES string of the molecule is CCNC(CC1CCCCN1Cc1cccc(C)c1)C(=O)O. The van der Waals surface area contributed by atoms with Crippen LogP contribution >= 0.6 is 0 Å². The summed E-state index contributed by atoms with van der Waals surface area (Å²) in [5.74, 6) is -0.733. The van der Waals surface area contributed by atoms with Crippen LogP contribution in [0.1, 0.15) is 43.7 Å². The van der Waals surface area contributed by atoms with E-state index in [2.05, 4.69) is 41.4 Å². The Morgan fingerprint density at radius 1 is 1.45 bits per heavy atom. The Hall–Kier alpha value is -1.39.